The number of benzene rings is 2. The molecule has 0 N–H and O–H groups in total. The van der Waals surface area contributed by atoms with Crippen LogP contribution in [0.5, 0.6) is 0 Å². The van der Waals surface area contributed by atoms with Crippen molar-refractivity contribution in [1.29, 1.82) is 0 Å². The van der Waals surface area contributed by atoms with Crippen LogP contribution in [0.15, 0.2) is 69.5 Å². The van der Waals surface area contributed by atoms with Gasteiger partial charge in [0.2, 0.25) is 17.7 Å². The molecule has 2 atom stereocenters. The molecule has 6 rings (SSSR count). The summed E-state index contributed by atoms with van der Waals surface area (Å²) in [5.41, 5.74) is 4.28. The maximum absolute atomic E-state index is 11.4. The van der Waals surface area contributed by atoms with Crippen LogP contribution < -0.4 is 0 Å². The van der Waals surface area contributed by atoms with Crippen LogP contribution in [0.25, 0.3) is 16.7 Å². The van der Waals surface area contributed by atoms with E-state index in [1.54, 1.807) is 18.2 Å². The quantitative estimate of drug-likeness (QED) is 0.353. The van der Waals surface area contributed by atoms with Crippen LogP contribution in [0.2, 0.25) is 0 Å². The summed E-state index contributed by atoms with van der Waals surface area (Å²) in [5, 5.41) is 8.97. The van der Waals surface area contributed by atoms with Gasteiger partial charge in [-0.1, -0.05) is 49.4 Å². The van der Waals surface area contributed by atoms with Gasteiger partial charge in [-0.2, -0.15) is 0 Å². The molecular formula is C29H28N4O4. The Hall–Kier alpha value is -3.88. The van der Waals surface area contributed by atoms with Crippen molar-refractivity contribution in [2.45, 2.75) is 25.8 Å². The third-order valence-electron chi connectivity index (χ3n) is 7.43. The monoisotopic (exact) mass is 496 g/mol. The first-order valence-corrected chi connectivity index (χ1v) is 12.5. The summed E-state index contributed by atoms with van der Waals surface area (Å²) in [6.07, 6.45) is 6.99. The highest BCUT2D eigenvalue weighted by Gasteiger charge is 2.50. The van der Waals surface area contributed by atoms with E-state index in [1.165, 1.54) is 5.56 Å². The number of nitrogens with zero attached hydrogens (tertiary/aromatic N) is 4. The Labute approximate surface area is 214 Å². The van der Waals surface area contributed by atoms with E-state index >= 15 is 0 Å². The van der Waals surface area contributed by atoms with Gasteiger partial charge in [0.25, 0.3) is 0 Å². The smallest absolute Gasteiger partial charge is 0.236 e. The lowest BCUT2D eigenvalue weighted by molar-refractivity contribution is 0.0302. The fourth-order valence-electron chi connectivity index (χ4n) is 5.29. The number of carbonyl (C=O) groups excluding carboxylic acids is 1. The van der Waals surface area contributed by atoms with Crippen LogP contribution in [0.1, 0.15) is 46.1 Å². The molecule has 0 radical (unpaired) electrons. The van der Waals surface area contributed by atoms with Crippen molar-refractivity contribution in [3.05, 3.63) is 95.1 Å². The lowest BCUT2D eigenvalue weighted by Gasteiger charge is -2.35. The zero-order valence-corrected chi connectivity index (χ0v) is 20.9. The first-order valence-electron chi connectivity index (χ1n) is 12.5. The van der Waals surface area contributed by atoms with Gasteiger partial charge in [-0.05, 0) is 41.8 Å². The molecule has 37 heavy (non-hydrogen) atoms. The zero-order valence-electron chi connectivity index (χ0n) is 20.9. The molecule has 2 aliphatic rings. The third kappa shape index (κ3) is 4.12. The van der Waals surface area contributed by atoms with Crippen LogP contribution >= 0.6 is 0 Å². The maximum Gasteiger partial charge on any atom is 0.236 e. The number of carbonyl (C=O) groups is 1. The predicted octanol–water partition coefficient (Wildman–Crippen LogP) is 4.74. The standard InChI is InChI=1S/C29H28N4O4/c1-19-6-3-4-7-22(19)23-8-5-11-29(20(23)2,27-30-24-16-21(18-34)9-10-25(24)36-27)28-32-31-26(37-28)17-33-12-14-35-15-13-33/h3-11,16,18,20H,12-15,17H2,1-2H3. The normalized spacial score (nSPS) is 22.3. The third-order valence-corrected chi connectivity index (χ3v) is 7.43. The van der Waals surface area contributed by atoms with Crippen molar-refractivity contribution in [2.75, 3.05) is 26.3 Å². The molecule has 0 saturated carbocycles. The average molecular weight is 497 g/mol. The highest BCUT2D eigenvalue weighted by Crippen LogP contribution is 2.48. The molecule has 1 saturated heterocycles. The number of rotatable bonds is 6. The molecule has 4 aromatic rings. The molecule has 8 nitrogen and oxygen atoms in total. The van der Waals surface area contributed by atoms with Gasteiger partial charge in [-0.25, -0.2) is 4.98 Å². The van der Waals surface area contributed by atoms with E-state index in [0.29, 0.717) is 54.1 Å². The average Bonchev–Trinajstić information content (AvgIpc) is 3.57. The van der Waals surface area contributed by atoms with E-state index in [4.69, 9.17) is 18.6 Å². The number of allylic oxidation sites excluding steroid dienone is 4. The second-order valence-electron chi connectivity index (χ2n) is 9.64. The van der Waals surface area contributed by atoms with Crippen molar-refractivity contribution in [3.8, 4) is 0 Å². The number of oxazole rings is 1. The molecule has 1 aliphatic heterocycles. The number of aryl methyl sites for hydroxylation is 1. The first-order chi connectivity index (χ1) is 18.1. The van der Waals surface area contributed by atoms with Crippen molar-refractivity contribution in [3.63, 3.8) is 0 Å². The van der Waals surface area contributed by atoms with E-state index in [0.717, 1.165) is 30.5 Å². The Kier molecular flexibility index (Phi) is 6.06. The van der Waals surface area contributed by atoms with Crippen LogP contribution in [0, 0.1) is 12.8 Å². The molecule has 0 bridgehead atoms. The Morgan fingerprint density at radius 3 is 2.73 bits per heavy atom. The number of hydrogen-bond donors (Lipinski definition) is 0. The summed E-state index contributed by atoms with van der Waals surface area (Å²) in [6.45, 7) is 7.84. The summed E-state index contributed by atoms with van der Waals surface area (Å²) in [4.78, 5) is 18.5. The van der Waals surface area contributed by atoms with Gasteiger partial charge in [0.15, 0.2) is 5.58 Å². The van der Waals surface area contributed by atoms with Crippen molar-refractivity contribution in [2.24, 2.45) is 5.92 Å². The summed E-state index contributed by atoms with van der Waals surface area (Å²) >= 11 is 0. The Morgan fingerprint density at radius 1 is 1.08 bits per heavy atom. The van der Waals surface area contributed by atoms with Crippen LogP contribution in [0.4, 0.5) is 0 Å². The molecule has 0 amide bonds. The number of fused-ring (bicyclic) bond motifs is 1. The number of hydrogen-bond acceptors (Lipinski definition) is 8. The fourth-order valence-corrected chi connectivity index (χ4v) is 5.29. The van der Waals surface area contributed by atoms with Crippen LogP contribution in [-0.2, 0) is 16.7 Å². The van der Waals surface area contributed by atoms with E-state index < -0.39 is 5.41 Å². The SMILES string of the molecule is Cc1ccccc1C1=CC=CC(c2nnc(CN3CCOCC3)o2)(c2nc3cc(C=O)ccc3o2)C1C. The van der Waals surface area contributed by atoms with Gasteiger partial charge in [-0.15, -0.1) is 10.2 Å². The molecule has 188 valence electrons. The molecule has 2 aromatic heterocycles. The summed E-state index contributed by atoms with van der Waals surface area (Å²) in [6, 6.07) is 13.5. The second kappa shape index (κ2) is 9.53. The number of aromatic nitrogens is 3. The highest BCUT2D eigenvalue weighted by molar-refractivity contribution is 5.84. The van der Waals surface area contributed by atoms with Gasteiger partial charge in [0, 0.05) is 24.6 Å². The van der Waals surface area contributed by atoms with E-state index in [-0.39, 0.29) is 5.92 Å². The van der Waals surface area contributed by atoms with E-state index in [2.05, 4.69) is 47.2 Å². The number of morpholine rings is 1. The summed E-state index contributed by atoms with van der Waals surface area (Å²) in [5.74, 6) is 1.30. The Balaban J connectivity index is 1.47. The molecule has 1 fully saturated rings. The highest BCUT2D eigenvalue weighted by atomic mass is 16.5. The summed E-state index contributed by atoms with van der Waals surface area (Å²) < 4.78 is 18.2. The Bertz CT molecular complexity index is 1510. The van der Waals surface area contributed by atoms with Gasteiger partial charge >= 0.3 is 0 Å². The van der Waals surface area contributed by atoms with Crippen LogP contribution in [-0.4, -0.2) is 52.7 Å². The molecule has 2 unspecified atom stereocenters. The maximum atomic E-state index is 11.4. The van der Waals surface area contributed by atoms with Crippen LogP contribution in [0.3, 0.4) is 0 Å². The lowest BCUT2D eigenvalue weighted by Crippen LogP contribution is -2.36. The zero-order chi connectivity index (χ0) is 25.4. The number of ether oxygens (including phenoxy) is 1. The topological polar surface area (TPSA) is 94.5 Å². The second-order valence-corrected chi connectivity index (χ2v) is 9.64. The minimum Gasteiger partial charge on any atom is -0.439 e. The molecular weight excluding hydrogens is 468 g/mol. The van der Waals surface area contributed by atoms with Gasteiger partial charge in [-0.3, -0.25) is 9.69 Å². The van der Waals surface area contributed by atoms with Crippen molar-refractivity contribution < 1.29 is 18.4 Å². The minimum atomic E-state index is -0.928. The van der Waals surface area contributed by atoms with E-state index in [9.17, 15) is 4.79 Å². The minimum absolute atomic E-state index is 0.131. The number of aldehydes is 1. The van der Waals surface area contributed by atoms with Gasteiger partial charge < -0.3 is 13.6 Å². The first kappa shape index (κ1) is 23.5. The Morgan fingerprint density at radius 2 is 1.92 bits per heavy atom. The van der Waals surface area contributed by atoms with Crippen molar-refractivity contribution >= 4 is 23.0 Å². The fraction of sp³-hybridized carbons (Fsp3) is 0.310. The molecule has 1 aliphatic carbocycles. The largest absolute Gasteiger partial charge is 0.439 e. The molecule has 8 heteroatoms. The van der Waals surface area contributed by atoms with Crippen molar-refractivity contribution in [1.82, 2.24) is 20.1 Å². The molecule has 0 spiro atoms. The molecule has 2 aromatic carbocycles. The van der Waals surface area contributed by atoms with Gasteiger partial charge in [0.05, 0.1) is 19.8 Å². The summed E-state index contributed by atoms with van der Waals surface area (Å²) in [7, 11) is 0. The lowest BCUT2D eigenvalue weighted by atomic mass is 9.67. The van der Waals surface area contributed by atoms with E-state index in [1.807, 2.05) is 24.3 Å². The predicted molar refractivity (Wildman–Crippen MR) is 138 cm³/mol. The molecule has 3 heterocycles. The van der Waals surface area contributed by atoms with Gasteiger partial charge in [0.1, 0.15) is 17.2 Å².